The van der Waals surface area contributed by atoms with Gasteiger partial charge in [-0.3, -0.25) is 10.2 Å². The molecule has 1 aromatic carbocycles. The highest BCUT2D eigenvalue weighted by Gasteiger charge is 2.38. The zero-order valence-electron chi connectivity index (χ0n) is 11.1. The normalized spacial score (nSPS) is 28.1. The van der Waals surface area contributed by atoms with Gasteiger partial charge in [-0.25, -0.2) is 5.84 Å². The predicted molar refractivity (Wildman–Crippen MR) is 77.0 cm³/mol. The second-order valence-corrected chi connectivity index (χ2v) is 5.85. The Bertz CT molecular complexity index is 678. The average molecular weight is 270 g/mol. The average Bonchev–Trinajstić information content (AvgIpc) is 2.91. The summed E-state index contributed by atoms with van der Waals surface area (Å²) < 4.78 is 0. The fourth-order valence-electron chi connectivity index (χ4n) is 3.86. The first kappa shape index (κ1) is 11.9. The number of hydrogen-bond acceptors (Lipinski definition) is 3. The van der Waals surface area contributed by atoms with E-state index in [1.165, 1.54) is 22.0 Å². The molecule has 2 aliphatic rings. The lowest BCUT2D eigenvalue weighted by atomic mass is 9.73. The molecular weight excluding hydrogens is 252 g/mol. The molecule has 0 spiro atoms. The fourth-order valence-corrected chi connectivity index (χ4v) is 3.86. The Hall–Kier alpha value is -1.85. The van der Waals surface area contributed by atoms with Crippen LogP contribution >= 0.6 is 0 Å². The summed E-state index contributed by atoms with van der Waals surface area (Å²) in [4.78, 5) is 15.1. The zero-order chi connectivity index (χ0) is 13.7. The van der Waals surface area contributed by atoms with Gasteiger partial charge in [0, 0.05) is 35.6 Å². The minimum Gasteiger partial charge on any atom is -0.361 e. The van der Waals surface area contributed by atoms with Crippen LogP contribution in [0.5, 0.6) is 0 Å². The molecular formula is C15H18N4O. The van der Waals surface area contributed by atoms with E-state index in [0.717, 1.165) is 12.8 Å². The number of carbonyl (C=O) groups is 1. The summed E-state index contributed by atoms with van der Waals surface area (Å²) in [5.41, 5.74) is 6.22. The molecule has 4 rings (SSSR count). The lowest BCUT2D eigenvalue weighted by Gasteiger charge is -2.39. The number of nitrogens with one attached hydrogen (secondary N) is 3. The third-order valence-electron chi connectivity index (χ3n) is 4.82. The maximum atomic E-state index is 11.8. The maximum absolute atomic E-state index is 11.8. The van der Waals surface area contributed by atoms with Gasteiger partial charge in [0.25, 0.3) is 0 Å². The molecule has 2 aromatic rings. The van der Waals surface area contributed by atoms with E-state index in [1.807, 2.05) is 0 Å². The molecule has 0 saturated carbocycles. The van der Waals surface area contributed by atoms with Crippen molar-refractivity contribution in [2.75, 3.05) is 6.54 Å². The Labute approximate surface area is 116 Å². The topological polar surface area (TPSA) is 82.9 Å². The van der Waals surface area contributed by atoms with Gasteiger partial charge in [0.1, 0.15) is 0 Å². The van der Waals surface area contributed by atoms with Crippen LogP contribution in [0.4, 0.5) is 0 Å². The molecule has 5 nitrogen and oxygen atoms in total. The largest absolute Gasteiger partial charge is 0.361 e. The van der Waals surface area contributed by atoms with Crippen molar-refractivity contribution in [1.82, 2.24) is 15.7 Å². The van der Waals surface area contributed by atoms with Crippen LogP contribution in [0.2, 0.25) is 0 Å². The van der Waals surface area contributed by atoms with Crippen LogP contribution in [0.3, 0.4) is 0 Å². The summed E-state index contributed by atoms with van der Waals surface area (Å²) >= 11 is 0. The smallest absolute Gasteiger partial charge is 0.238 e. The van der Waals surface area contributed by atoms with Gasteiger partial charge in [-0.1, -0.05) is 12.1 Å². The molecule has 5 N–H and O–H groups in total. The van der Waals surface area contributed by atoms with Crippen molar-refractivity contribution in [3.63, 3.8) is 0 Å². The highest BCUT2D eigenvalue weighted by Crippen LogP contribution is 2.41. The highest BCUT2D eigenvalue weighted by molar-refractivity contribution is 5.88. The van der Waals surface area contributed by atoms with Crippen LogP contribution < -0.4 is 16.6 Å². The van der Waals surface area contributed by atoms with E-state index >= 15 is 0 Å². The second-order valence-electron chi connectivity index (χ2n) is 5.85. The van der Waals surface area contributed by atoms with Gasteiger partial charge in [0.05, 0.1) is 5.92 Å². The third-order valence-corrected chi connectivity index (χ3v) is 4.82. The molecule has 1 aromatic heterocycles. The molecule has 0 bridgehead atoms. The number of fused-ring (bicyclic) bond motifs is 2. The molecule has 1 aliphatic heterocycles. The molecule has 20 heavy (non-hydrogen) atoms. The summed E-state index contributed by atoms with van der Waals surface area (Å²) in [6.45, 7) is 0.708. The van der Waals surface area contributed by atoms with E-state index in [1.54, 1.807) is 0 Å². The van der Waals surface area contributed by atoms with Gasteiger partial charge in [0.15, 0.2) is 0 Å². The van der Waals surface area contributed by atoms with Gasteiger partial charge >= 0.3 is 0 Å². The summed E-state index contributed by atoms with van der Waals surface area (Å²) in [6, 6.07) is 6.82. The summed E-state index contributed by atoms with van der Waals surface area (Å²) in [7, 11) is 0. The first-order valence-corrected chi connectivity index (χ1v) is 7.10. The van der Waals surface area contributed by atoms with Gasteiger partial charge in [-0.05, 0) is 30.0 Å². The predicted octanol–water partition coefficient (Wildman–Crippen LogP) is 0.776. The number of piperidine rings is 1. The standard InChI is InChI=1S/C15H18N4O/c16-19-15(20)9-4-11-10-2-1-3-12-14(10)8(6-17-12)5-13(11)18-7-9/h1-3,6,9,11,13,17-18H,4-5,7,16H2,(H,19,20)/t9?,11-,13-/m1/s1. The Morgan fingerprint density at radius 1 is 1.40 bits per heavy atom. The van der Waals surface area contributed by atoms with E-state index in [0.29, 0.717) is 18.5 Å². The first-order chi connectivity index (χ1) is 9.78. The number of carbonyl (C=O) groups excluding carboxylic acids is 1. The summed E-state index contributed by atoms with van der Waals surface area (Å²) in [5, 5.41) is 4.88. The van der Waals surface area contributed by atoms with Crippen molar-refractivity contribution in [1.29, 1.82) is 0 Å². The van der Waals surface area contributed by atoms with Crippen molar-refractivity contribution in [2.45, 2.75) is 24.8 Å². The quantitative estimate of drug-likeness (QED) is 0.351. The van der Waals surface area contributed by atoms with Crippen molar-refractivity contribution in [3.05, 3.63) is 35.5 Å². The molecule has 1 unspecified atom stereocenters. The number of amides is 1. The molecule has 1 aliphatic carbocycles. The van der Waals surface area contributed by atoms with Crippen LogP contribution in [0.1, 0.15) is 23.5 Å². The van der Waals surface area contributed by atoms with Crippen molar-refractivity contribution in [3.8, 4) is 0 Å². The third kappa shape index (κ3) is 1.60. The number of nitrogens with two attached hydrogens (primary N) is 1. The zero-order valence-corrected chi connectivity index (χ0v) is 11.1. The highest BCUT2D eigenvalue weighted by atomic mass is 16.2. The lowest BCUT2D eigenvalue weighted by Crippen LogP contribution is -2.51. The van der Waals surface area contributed by atoms with Crippen LogP contribution in [0, 0.1) is 5.92 Å². The van der Waals surface area contributed by atoms with Crippen LogP contribution in [0.25, 0.3) is 10.9 Å². The Kier molecular flexibility index (Phi) is 2.58. The molecule has 1 amide bonds. The molecule has 1 saturated heterocycles. The van der Waals surface area contributed by atoms with Crippen molar-refractivity contribution >= 4 is 16.8 Å². The van der Waals surface area contributed by atoms with E-state index < -0.39 is 0 Å². The summed E-state index contributed by atoms with van der Waals surface area (Å²) in [5.74, 6) is 5.55. The molecule has 1 fully saturated rings. The lowest BCUT2D eigenvalue weighted by molar-refractivity contribution is -0.125. The molecule has 3 atom stereocenters. The van der Waals surface area contributed by atoms with Crippen molar-refractivity contribution < 1.29 is 4.79 Å². The number of benzene rings is 1. The van der Waals surface area contributed by atoms with Crippen LogP contribution in [0.15, 0.2) is 24.4 Å². The number of rotatable bonds is 1. The van der Waals surface area contributed by atoms with Crippen LogP contribution in [-0.4, -0.2) is 23.5 Å². The molecule has 104 valence electrons. The molecule has 2 heterocycles. The van der Waals surface area contributed by atoms with E-state index in [2.05, 4.69) is 40.1 Å². The SMILES string of the molecule is NNC(=O)C1CN[C@@H]2Cc3c[nH]c4cccc(c34)[C@H]2C1. The number of H-pyrrole nitrogens is 1. The minimum atomic E-state index is -0.0667. The maximum Gasteiger partial charge on any atom is 0.238 e. The van der Waals surface area contributed by atoms with E-state index in [9.17, 15) is 4.79 Å². The number of hydrazine groups is 1. The van der Waals surface area contributed by atoms with Gasteiger partial charge in [-0.15, -0.1) is 0 Å². The van der Waals surface area contributed by atoms with Gasteiger partial charge in [0.2, 0.25) is 5.91 Å². The Morgan fingerprint density at radius 2 is 2.30 bits per heavy atom. The summed E-state index contributed by atoms with van der Waals surface area (Å²) in [6.07, 6.45) is 4.01. The minimum absolute atomic E-state index is 0.0444. The first-order valence-electron chi connectivity index (χ1n) is 7.10. The second kappa shape index (κ2) is 4.33. The number of aromatic nitrogens is 1. The number of aromatic amines is 1. The Balaban J connectivity index is 1.76. The Morgan fingerprint density at radius 3 is 3.15 bits per heavy atom. The fraction of sp³-hybridized carbons (Fsp3) is 0.400. The van der Waals surface area contributed by atoms with Crippen LogP contribution in [-0.2, 0) is 11.2 Å². The van der Waals surface area contributed by atoms with E-state index in [-0.39, 0.29) is 11.8 Å². The number of hydrogen-bond donors (Lipinski definition) is 4. The van der Waals surface area contributed by atoms with E-state index in [4.69, 9.17) is 5.84 Å². The molecule has 5 heteroatoms. The monoisotopic (exact) mass is 270 g/mol. The van der Waals surface area contributed by atoms with Gasteiger partial charge < -0.3 is 10.3 Å². The van der Waals surface area contributed by atoms with Crippen molar-refractivity contribution in [2.24, 2.45) is 11.8 Å². The van der Waals surface area contributed by atoms with Gasteiger partial charge in [-0.2, -0.15) is 0 Å². The molecule has 0 radical (unpaired) electrons.